The molecule has 1 unspecified atom stereocenters. The van der Waals surface area contributed by atoms with Gasteiger partial charge >= 0.3 is 5.97 Å². The fraction of sp³-hybridized carbons (Fsp3) is 0.130. The molecule has 0 bridgehead atoms. The zero-order valence-corrected chi connectivity index (χ0v) is 15.2. The fourth-order valence-corrected chi connectivity index (χ4v) is 3.95. The molecule has 2 heterocycles. The summed E-state index contributed by atoms with van der Waals surface area (Å²) in [5, 5.41) is 15.4. The van der Waals surface area contributed by atoms with Crippen molar-refractivity contribution in [1.82, 2.24) is 10.3 Å². The van der Waals surface area contributed by atoms with Crippen molar-refractivity contribution in [1.29, 1.82) is 0 Å². The van der Waals surface area contributed by atoms with E-state index in [1.54, 1.807) is 6.20 Å². The van der Waals surface area contributed by atoms with Crippen LogP contribution in [0.5, 0.6) is 0 Å². The van der Waals surface area contributed by atoms with Crippen molar-refractivity contribution in [3.8, 4) is 0 Å². The van der Waals surface area contributed by atoms with Crippen LogP contribution in [-0.4, -0.2) is 16.1 Å². The molecule has 4 nitrogen and oxygen atoms in total. The Morgan fingerprint density at radius 2 is 1.70 bits per heavy atom. The van der Waals surface area contributed by atoms with Gasteiger partial charge in [-0.3, -0.25) is 4.98 Å². The number of nitrogens with zero attached hydrogens (tertiary/aromatic N) is 1. The number of carboxylic acids is 1. The van der Waals surface area contributed by atoms with E-state index in [4.69, 9.17) is 0 Å². The quantitative estimate of drug-likeness (QED) is 0.713. The Balaban J connectivity index is 2.04. The number of allylic oxidation sites excluding steroid dienone is 3. The molecule has 0 aliphatic carbocycles. The third-order valence-electron chi connectivity index (χ3n) is 5.07. The smallest absolute Gasteiger partial charge is 0.334 e. The Morgan fingerprint density at radius 3 is 2.44 bits per heavy atom. The van der Waals surface area contributed by atoms with E-state index >= 15 is 0 Å². The molecule has 3 aromatic rings. The van der Waals surface area contributed by atoms with Crippen LogP contribution >= 0.6 is 0 Å². The number of nitrogens with one attached hydrogen (secondary N) is 1. The molecule has 2 aromatic carbocycles. The SMILES string of the molecule is CC1=C(C(=O)O)C(c2cccc3ccccc23)C(c2ccccn2)=C(C)N1. The molecule has 0 radical (unpaired) electrons. The molecule has 0 saturated carbocycles. The number of carboxylic acid groups (broad SMARTS) is 1. The Labute approximate surface area is 157 Å². The summed E-state index contributed by atoms with van der Waals surface area (Å²) in [4.78, 5) is 16.7. The Bertz CT molecular complexity index is 1090. The largest absolute Gasteiger partial charge is 0.478 e. The van der Waals surface area contributed by atoms with Gasteiger partial charge < -0.3 is 10.4 Å². The number of hydrogen-bond acceptors (Lipinski definition) is 3. The minimum absolute atomic E-state index is 0.359. The van der Waals surface area contributed by atoms with Crippen molar-refractivity contribution in [2.24, 2.45) is 0 Å². The number of carbonyl (C=O) groups is 1. The highest BCUT2D eigenvalue weighted by Crippen LogP contribution is 2.44. The van der Waals surface area contributed by atoms with E-state index in [1.807, 2.05) is 74.5 Å². The van der Waals surface area contributed by atoms with Crippen LogP contribution in [-0.2, 0) is 4.79 Å². The zero-order chi connectivity index (χ0) is 19.0. The summed E-state index contributed by atoms with van der Waals surface area (Å²) in [6.45, 7) is 3.80. The Hall–Kier alpha value is -3.40. The van der Waals surface area contributed by atoms with Gasteiger partial charge in [0.25, 0.3) is 0 Å². The van der Waals surface area contributed by atoms with Gasteiger partial charge in [-0.05, 0) is 42.3 Å². The first-order valence-corrected chi connectivity index (χ1v) is 8.89. The van der Waals surface area contributed by atoms with Crippen LogP contribution in [0, 0.1) is 0 Å². The van der Waals surface area contributed by atoms with Crippen molar-refractivity contribution in [3.63, 3.8) is 0 Å². The highest BCUT2D eigenvalue weighted by Gasteiger charge is 2.35. The summed E-state index contributed by atoms with van der Waals surface area (Å²) >= 11 is 0. The first-order valence-electron chi connectivity index (χ1n) is 8.89. The van der Waals surface area contributed by atoms with Crippen LogP contribution in [0.4, 0.5) is 0 Å². The predicted octanol–water partition coefficient (Wildman–Crippen LogP) is 4.71. The molecule has 4 rings (SSSR count). The first-order chi connectivity index (χ1) is 13.1. The number of benzene rings is 2. The van der Waals surface area contributed by atoms with Crippen LogP contribution in [0.25, 0.3) is 16.3 Å². The lowest BCUT2D eigenvalue weighted by atomic mass is 9.77. The van der Waals surface area contributed by atoms with Gasteiger partial charge in [-0.2, -0.15) is 0 Å². The summed E-state index contributed by atoms with van der Waals surface area (Å²) in [5.41, 5.74) is 4.61. The lowest BCUT2D eigenvalue weighted by molar-refractivity contribution is -0.132. The van der Waals surface area contributed by atoms with E-state index in [0.717, 1.165) is 33.3 Å². The minimum Gasteiger partial charge on any atom is -0.478 e. The molecule has 134 valence electrons. The molecule has 2 N–H and O–H groups in total. The summed E-state index contributed by atoms with van der Waals surface area (Å²) < 4.78 is 0. The number of fused-ring (bicyclic) bond motifs is 1. The molecule has 1 aliphatic heterocycles. The van der Waals surface area contributed by atoms with E-state index in [9.17, 15) is 9.90 Å². The average molecular weight is 356 g/mol. The Morgan fingerprint density at radius 1 is 0.963 bits per heavy atom. The summed E-state index contributed by atoms with van der Waals surface area (Å²) in [7, 11) is 0. The molecule has 1 aromatic heterocycles. The highest BCUT2D eigenvalue weighted by molar-refractivity contribution is 5.99. The van der Waals surface area contributed by atoms with Crippen molar-refractivity contribution in [3.05, 3.63) is 95.1 Å². The van der Waals surface area contributed by atoms with Crippen LogP contribution in [0.15, 0.2) is 83.8 Å². The number of aromatic nitrogens is 1. The van der Waals surface area contributed by atoms with E-state index in [0.29, 0.717) is 11.3 Å². The van der Waals surface area contributed by atoms with E-state index in [2.05, 4.69) is 10.3 Å². The van der Waals surface area contributed by atoms with Crippen LogP contribution < -0.4 is 5.32 Å². The first kappa shape index (κ1) is 17.0. The van der Waals surface area contributed by atoms with Crippen molar-refractivity contribution in [2.75, 3.05) is 0 Å². The topological polar surface area (TPSA) is 62.2 Å². The second kappa shape index (κ2) is 6.72. The second-order valence-corrected chi connectivity index (χ2v) is 6.72. The monoisotopic (exact) mass is 356 g/mol. The molecule has 1 atom stereocenters. The van der Waals surface area contributed by atoms with Crippen molar-refractivity contribution < 1.29 is 9.90 Å². The molecule has 0 amide bonds. The standard InChI is InChI=1S/C23H20N2O2/c1-14-20(19-12-5-6-13-24-19)22(21(23(26)27)15(2)25-14)18-11-7-9-16-8-3-4-10-17(16)18/h3-13,22,25H,1-2H3,(H,26,27). The average Bonchev–Trinajstić information content (AvgIpc) is 2.67. The maximum atomic E-state index is 12.2. The molecular weight excluding hydrogens is 336 g/mol. The molecule has 4 heteroatoms. The maximum absolute atomic E-state index is 12.2. The lowest BCUT2D eigenvalue weighted by Crippen LogP contribution is -2.27. The van der Waals surface area contributed by atoms with Gasteiger partial charge in [-0.15, -0.1) is 0 Å². The van der Waals surface area contributed by atoms with Crippen molar-refractivity contribution >= 4 is 22.3 Å². The number of aliphatic carboxylic acids is 1. The Kier molecular flexibility index (Phi) is 4.24. The van der Waals surface area contributed by atoms with E-state index in [-0.39, 0.29) is 0 Å². The van der Waals surface area contributed by atoms with Gasteiger partial charge in [0.2, 0.25) is 0 Å². The summed E-state index contributed by atoms with van der Waals surface area (Å²) in [6, 6.07) is 19.9. The molecule has 1 aliphatic rings. The maximum Gasteiger partial charge on any atom is 0.334 e. The molecule has 27 heavy (non-hydrogen) atoms. The third-order valence-corrected chi connectivity index (χ3v) is 5.07. The molecule has 0 spiro atoms. The van der Waals surface area contributed by atoms with Crippen LogP contribution in [0.2, 0.25) is 0 Å². The van der Waals surface area contributed by atoms with Gasteiger partial charge in [0.1, 0.15) is 0 Å². The zero-order valence-electron chi connectivity index (χ0n) is 15.2. The third kappa shape index (κ3) is 2.89. The number of hydrogen-bond donors (Lipinski definition) is 2. The van der Waals surface area contributed by atoms with Gasteiger partial charge in [0.05, 0.1) is 11.3 Å². The molecular formula is C23H20N2O2. The van der Waals surface area contributed by atoms with Gasteiger partial charge in [-0.1, -0.05) is 48.5 Å². The van der Waals surface area contributed by atoms with Gasteiger partial charge in [0, 0.05) is 29.1 Å². The molecule has 0 fully saturated rings. The van der Waals surface area contributed by atoms with E-state index < -0.39 is 11.9 Å². The van der Waals surface area contributed by atoms with Gasteiger partial charge in [-0.25, -0.2) is 4.79 Å². The second-order valence-electron chi connectivity index (χ2n) is 6.72. The van der Waals surface area contributed by atoms with Crippen molar-refractivity contribution in [2.45, 2.75) is 19.8 Å². The highest BCUT2D eigenvalue weighted by atomic mass is 16.4. The predicted molar refractivity (Wildman–Crippen MR) is 107 cm³/mol. The van der Waals surface area contributed by atoms with Crippen LogP contribution in [0.3, 0.4) is 0 Å². The van der Waals surface area contributed by atoms with E-state index in [1.165, 1.54) is 0 Å². The minimum atomic E-state index is -0.918. The summed E-state index contributed by atoms with van der Waals surface area (Å²) in [5.74, 6) is -1.32. The number of pyridine rings is 1. The number of dihydropyridines is 1. The van der Waals surface area contributed by atoms with Gasteiger partial charge in [0.15, 0.2) is 0 Å². The lowest BCUT2D eigenvalue weighted by Gasteiger charge is -2.31. The van der Waals surface area contributed by atoms with Crippen LogP contribution in [0.1, 0.15) is 31.0 Å². The molecule has 0 saturated heterocycles. The normalized spacial score (nSPS) is 17.2. The number of rotatable bonds is 3. The fourth-order valence-electron chi connectivity index (χ4n) is 3.95. The summed E-state index contributed by atoms with van der Waals surface area (Å²) in [6.07, 6.45) is 1.74.